The fourth-order valence-corrected chi connectivity index (χ4v) is 4.30. The zero-order chi connectivity index (χ0) is 19.6. The number of ether oxygens (including phenoxy) is 2. The lowest BCUT2D eigenvalue weighted by molar-refractivity contribution is -0.206. The zero-order valence-corrected chi connectivity index (χ0v) is 16.2. The highest BCUT2D eigenvalue weighted by molar-refractivity contribution is 5.86. The van der Waals surface area contributed by atoms with E-state index < -0.39 is 11.8 Å². The van der Waals surface area contributed by atoms with Gasteiger partial charge in [0.15, 0.2) is 12.2 Å². The topological polar surface area (TPSA) is 98.8 Å². The van der Waals surface area contributed by atoms with Gasteiger partial charge in [0.25, 0.3) is 0 Å². The van der Waals surface area contributed by atoms with Crippen LogP contribution in [0, 0.1) is 23.7 Å². The van der Waals surface area contributed by atoms with Gasteiger partial charge in [-0.1, -0.05) is 20.4 Å². The Morgan fingerprint density at radius 2 is 2.00 bits per heavy atom. The van der Waals surface area contributed by atoms with E-state index in [1.54, 1.807) is 19.8 Å². The quantitative estimate of drug-likeness (QED) is 0.295. The highest BCUT2D eigenvalue weighted by Gasteiger charge is 2.55. The Morgan fingerprint density at radius 3 is 2.46 bits per heavy atom. The summed E-state index contributed by atoms with van der Waals surface area (Å²) in [4.78, 5) is 23.0. The number of rotatable bonds is 8. The fourth-order valence-electron chi connectivity index (χ4n) is 4.30. The first-order chi connectivity index (χ1) is 12.1. The maximum absolute atomic E-state index is 12.2. The molecule has 0 spiro atoms. The lowest BCUT2D eigenvalue weighted by atomic mass is 9.60. The van der Waals surface area contributed by atoms with Gasteiger partial charge in [0.2, 0.25) is 5.76 Å². The van der Waals surface area contributed by atoms with E-state index in [1.165, 1.54) is 0 Å². The van der Waals surface area contributed by atoms with Crippen molar-refractivity contribution in [1.82, 2.24) is 0 Å². The summed E-state index contributed by atoms with van der Waals surface area (Å²) in [5.41, 5.74) is 6.08. The SMILES string of the molecule is C=C(C)C(=C=O)OCC(O)OC1C(C)CC(N)(C(C)=O)C(C)C1C1CC1. The van der Waals surface area contributed by atoms with Crippen molar-refractivity contribution in [3.05, 3.63) is 17.9 Å². The number of hydrogen-bond acceptors (Lipinski definition) is 6. The van der Waals surface area contributed by atoms with Crippen molar-refractivity contribution in [3.63, 3.8) is 0 Å². The van der Waals surface area contributed by atoms with Gasteiger partial charge in [-0.3, -0.25) is 4.79 Å². The fraction of sp³-hybridized carbons (Fsp3) is 0.750. The molecule has 3 N–H and O–H groups in total. The van der Waals surface area contributed by atoms with Crippen LogP contribution in [0.15, 0.2) is 17.9 Å². The van der Waals surface area contributed by atoms with Crippen LogP contribution < -0.4 is 5.73 Å². The monoisotopic (exact) mass is 365 g/mol. The lowest BCUT2D eigenvalue weighted by Gasteiger charge is -2.50. The molecule has 2 rings (SSSR count). The smallest absolute Gasteiger partial charge is 0.206 e. The number of ketones is 1. The standard InChI is InChI=1S/C20H31NO5/c1-11(2)16(9-22)25-10-17(24)26-19-12(3)8-20(21,14(5)23)13(4)18(19)15-6-7-15/h12-13,15,17-19,24H,1,6-8,10,21H2,2-5H3. The minimum Gasteiger partial charge on any atom is -0.478 e. The van der Waals surface area contributed by atoms with Crippen LogP contribution in [0.3, 0.4) is 0 Å². The van der Waals surface area contributed by atoms with E-state index in [9.17, 15) is 14.7 Å². The Kier molecular flexibility index (Phi) is 6.46. The number of carbonyl (C=O) groups excluding carboxylic acids is 2. The van der Waals surface area contributed by atoms with Crippen LogP contribution in [0.25, 0.3) is 0 Å². The molecule has 0 radical (unpaired) electrons. The highest BCUT2D eigenvalue weighted by atomic mass is 16.6. The molecule has 26 heavy (non-hydrogen) atoms. The number of carbonyl (C=O) groups is 1. The second kappa shape index (κ2) is 8.05. The Balaban J connectivity index is 2.08. The van der Waals surface area contributed by atoms with E-state index in [1.807, 2.05) is 13.8 Å². The number of allylic oxidation sites excluding steroid dienone is 1. The first kappa shape index (κ1) is 20.8. The minimum absolute atomic E-state index is 0.00653. The van der Waals surface area contributed by atoms with Crippen LogP contribution in [0.4, 0.5) is 0 Å². The van der Waals surface area contributed by atoms with Crippen LogP contribution >= 0.6 is 0 Å². The molecule has 0 aliphatic heterocycles. The molecule has 0 aromatic heterocycles. The molecule has 2 fully saturated rings. The summed E-state index contributed by atoms with van der Waals surface area (Å²) in [5, 5.41) is 10.3. The summed E-state index contributed by atoms with van der Waals surface area (Å²) in [7, 11) is 0. The predicted molar refractivity (Wildman–Crippen MR) is 97.6 cm³/mol. The zero-order valence-electron chi connectivity index (χ0n) is 16.2. The Morgan fingerprint density at radius 1 is 1.38 bits per heavy atom. The average molecular weight is 365 g/mol. The first-order valence-electron chi connectivity index (χ1n) is 9.29. The molecule has 0 bridgehead atoms. The molecule has 146 valence electrons. The van der Waals surface area contributed by atoms with Crippen LogP contribution in [-0.2, 0) is 19.1 Å². The summed E-state index contributed by atoms with van der Waals surface area (Å²) < 4.78 is 11.2. The molecule has 0 aromatic rings. The molecule has 2 aliphatic carbocycles. The van der Waals surface area contributed by atoms with E-state index in [0.29, 0.717) is 17.9 Å². The summed E-state index contributed by atoms with van der Waals surface area (Å²) >= 11 is 0. The molecule has 6 atom stereocenters. The van der Waals surface area contributed by atoms with Crippen LogP contribution in [0.1, 0.15) is 47.0 Å². The van der Waals surface area contributed by atoms with Gasteiger partial charge < -0.3 is 20.3 Å². The van der Waals surface area contributed by atoms with Crippen molar-refractivity contribution in [3.8, 4) is 0 Å². The normalized spacial score (nSPS) is 35.3. The Labute approximate surface area is 155 Å². The minimum atomic E-state index is -1.18. The molecule has 6 heteroatoms. The van der Waals surface area contributed by atoms with Crippen molar-refractivity contribution in [2.75, 3.05) is 6.61 Å². The van der Waals surface area contributed by atoms with Crippen LogP contribution in [0.5, 0.6) is 0 Å². The van der Waals surface area contributed by atoms with Gasteiger partial charge in [0.1, 0.15) is 12.4 Å². The number of hydrogen-bond donors (Lipinski definition) is 2. The van der Waals surface area contributed by atoms with Crippen LogP contribution in [-0.4, -0.2) is 41.4 Å². The Hall–Kier alpha value is -1.46. The van der Waals surface area contributed by atoms with Crippen molar-refractivity contribution in [2.45, 2.75) is 64.9 Å². The number of nitrogens with two attached hydrogens (primary N) is 1. The third-order valence-corrected chi connectivity index (χ3v) is 5.98. The van der Waals surface area contributed by atoms with Crippen molar-refractivity contribution >= 4 is 11.7 Å². The summed E-state index contributed by atoms with van der Waals surface area (Å²) in [6.07, 6.45) is 1.32. The van der Waals surface area contributed by atoms with Crippen molar-refractivity contribution in [2.24, 2.45) is 29.4 Å². The lowest BCUT2D eigenvalue weighted by Crippen LogP contribution is -2.63. The first-order valence-corrected chi connectivity index (χ1v) is 9.29. The van der Waals surface area contributed by atoms with Gasteiger partial charge in [-0.05, 0) is 62.4 Å². The molecule has 2 aliphatic rings. The van der Waals surface area contributed by atoms with Crippen molar-refractivity contribution in [1.29, 1.82) is 0 Å². The molecule has 0 saturated heterocycles. The number of Topliss-reactive ketones (excluding diaryl/α,β-unsaturated/α-hetero) is 1. The molecule has 0 aromatic carbocycles. The van der Waals surface area contributed by atoms with Gasteiger partial charge in [0, 0.05) is 0 Å². The highest BCUT2D eigenvalue weighted by Crippen LogP contribution is 2.52. The molecule has 2 saturated carbocycles. The maximum atomic E-state index is 12.2. The van der Waals surface area contributed by atoms with Gasteiger partial charge in [-0.25, -0.2) is 4.79 Å². The predicted octanol–water partition coefficient (Wildman–Crippen LogP) is 1.99. The third-order valence-electron chi connectivity index (χ3n) is 5.98. The second-order valence-corrected chi connectivity index (χ2v) is 8.06. The third kappa shape index (κ3) is 4.26. The summed E-state index contributed by atoms with van der Waals surface area (Å²) in [6, 6.07) is 0. The molecule has 6 nitrogen and oxygen atoms in total. The molecule has 6 unspecified atom stereocenters. The van der Waals surface area contributed by atoms with E-state index in [2.05, 4.69) is 6.58 Å². The number of aliphatic hydroxyl groups excluding tert-OH is 1. The van der Waals surface area contributed by atoms with Gasteiger partial charge in [0.05, 0.1) is 11.6 Å². The molecular weight excluding hydrogens is 334 g/mol. The second-order valence-electron chi connectivity index (χ2n) is 8.06. The van der Waals surface area contributed by atoms with E-state index in [-0.39, 0.29) is 42.0 Å². The van der Waals surface area contributed by atoms with Gasteiger partial charge in [-0.15, -0.1) is 0 Å². The number of aliphatic hydroxyl groups is 1. The molecule has 0 heterocycles. The molecule has 0 amide bonds. The Bertz CT molecular complexity index is 607. The average Bonchev–Trinajstić information content (AvgIpc) is 3.37. The van der Waals surface area contributed by atoms with Crippen molar-refractivity contribution < 1.29 is 24.2 Å². The maximum Gasteiger partial charge on any atom is 0.206 e. The molecular formula is C20H31NO5. The summed E-state index contributed by atoms with van der Waals surface area (Å²) in [6.45, 7) is 10.7. The van der Waals surface area contributed by atoms with E-state index in [0.717, 1.165) is 12.8 Å². The van der Waals surface area contributed by atoms with Gasteiger partial charge in [-0.2, -0.15) is 0 Å². The van der Waals surface area contributed by atoms with Gasteiger partial charge >= 0.3 is 0 Å². The van der Waals surface area contributed by atoms with E-state index in [4.69, 9.17) is 15.2 Å². The summed E-state index contributed by atoms with van der Waals surface area (Å²) in [5.74, 6) is 2.23. The van der Waals surface area contributed by atoms with Crippen LogP contribution in [0.2, 0.25) is 0 Å². The largest absolute Gasteiger partial charge is 0.478 e. The van der Waals surface area contributed by atoms with E-state index >= 15 is 0 Å².